The van der Waals surface area contributed by atoms with Gasteiger partial charge in [-0.1, -0.05) is 6.07 Å². The van der Waals surface area contributed by atoms with Gasteiger partial charge in [-0.25, -0.2) is 0 Å². The highest BCUT2D eigenvalue weighted by Gasteiger charge is 2.26. The molecular formula is C18H30N6O2. The molecular weight excluding hydrogens is 332 g/mol. The number of carbonyl (C=O) groups excluding carboxylic acids is 2. The highest BCUT2D eigenvalue weighted by molar-refractivity contribution is 6.00. The van der Waals surface area contributed by atoms with Crippen LogP contribution in [0.15, 0.2) is 24.4 Å². The predicted molar refractivity (Wildman–Crippen MR) is 101 cm³/mol. The maximum Gasteiger partial charge on any atom is 0.232 e. The number of amides is 2. The van der Waals surface area contributed by atoms with Gasteiger partial charge in [0.2, 0.25) is 11.8 Å². The third-order valence-corrected chi connectivity index (χ3v) is 4.21. The number of aromatic nitrogens is 1. The lowest BCUT2D eigenvalue weighted by atomic mass is 9.99. The van der Waals surface area contributed by atoms with Crippen LogP contribution in [0.25, 0.3) is 0 Å². The molecule has 144 valence electrons. The zero-order chi connectivity index (χ0) is 18.5. The minimum Gasteiger partial charge on any atom is -0.354 e. The molecule has 0 bridgehead atoms. The fourth-order valence-corrected chi connectivity index (χ4v) is 2.74. The number of hydrogen-bond donors (Lipinski definition) is 5. The molecule has 1 saturated heterocycles. The number of pyridine rings is 1. The minimum atomic E-state index is -0.702. The number of rotatable bonds is 3. The molecule has 1 aromatic heterocycles. The Morgan fingerprint density at radius 1 is 0.808 bits per heavy atom. The van der Waals surface area contributed by atoms with Crippen molar-refractivity contribution >= 4 is 11.8 Å². The van der Waals surface area contributed by atoms with Crippen molar-refractivity contribution in [2.24, 2.45) is 5.92 Å². The third kappa shape index (κ3) is 7.90. The Morgan fingerprint density at radius 3 is 1.85 bits per heavy atom. The van der Waals surface area contributed by atoms with Crippen molar-refractivity contribution in [2.45, 2.75) is 12.8 Å². The van der Waals surface area contributed by atoms with E-state index < -0.39 is 5.92 Å². The quantitative estimate of drug-likeness (QED) is 0.426. The highest BCUT2D eigenvalue weighted by Crippen LogP contribution is 2.09. The Labute approximate surface area is 154 Å². The van der Waals surface area contributed by atoms with Crippen LogP contribution in [0.2, 0.25) is 0 Å². The standard InChI is InChI=1S/C18H30N6O2/c25-17-16(5-4-15-3-1-2-6-22-15)18(26)24-14-12-21-10-8-19-7-9-20-11-13-23-17/h1-3,6,16,19-21H,4-5,7-14H2,(H,23,25)(H,24,26). The summed E-state index contributed by atoms with van der Waals surface area (Å²) in [5, 5.41) is 15.6. The normalized spacial score (nSPS) is 19.5. The summed E-state index contributed by atoms with van der Waals surface area (Å²) in [4.78, 5) is 29.2. The summed E-state index contributed by atoms with van der Waals surface area (Å²) in [6.45, 7) is 5.85. The van der Waals surface area contributed by atoms with Gasteiger partial charge in [0.25, 0.3) is 0 Å². The Kier molecular flexibility index (Phi) is 9.63. The van der Waals surface area contributed by atoms with E-state index in [1.807, 2.05) is 18.2 Å². The van der Waals surface area contributed by atoms with Gasteiger partial charge in [0, 0.05) is 64.2 Å². The molecule has 8 nitrogen and oxygen atoms in total. The Hall–Kier alpha value is -2.03. The molecule has 1 aliphatic heterocycles. The summed E-state index contributed by atoms with van der Waals surface area (Å²) in [5.74, 6) is -1.15. The zero-order valence-electron chi connectivity index (χ0n) is 15.2. The van der Waals surface area contributed by atoms with Crippen LogP contribution in [0.5, 0.6) is 0 Å². The first-order valence-corrected chi connectivity index (χ1v) is 9.35. The fourth-order valence-electron chi connectivity index (χ4n) is 2.74. The Morgan fingerprint density at radius 2 is 1.35 bits per heavy atom. The van der Waals surface area contributed by atoms with Gasteiger partial charge in [-0.15, -0.1) is 0 Å². The molecule has 1 aliphatic rings. The van der Waals surface area contributed by atoms with Crippen molar-refractivity contribution in [3.63, 3.8) is 0 Å². The lowest BCUT2D eigenvalue weighted by molar-refractivity contribution is -0.135. The number of nitrogens with zero attached hydrogens (tertiary/aromatic N) is 1. The Bertz CT molecular complexity index is 514. The van der Waals surface area contributed by atoms with Gasteiger partial charge in [0.1, 0.15) is 5.92 Å². The van der Waals surface area contributed by atoms with E-state index in [2.05, 4.69) is 31.6 Å². The van der Waals surface area contributed by atoms with E-state index in [9.17, 15) is 9.59 Å². The first-order chi connectivity index (χ1) is 12.8. The fraction of sp³-hybridized carbons (Fsp3) is 0.611. The minimum absolute atomic E-state index is 0.224. The van der Waals surface area contributed by atoms with Crippen molar-refractivity contribution < 1.29 is 9.59 Å². The molecule has 0 unspecified atom stereocenters. The predicted octanol–water partition coefficient (Wildman–Crippen LogP) is -1.35. The molecule has 1 fully saturated rings. The van der Waals surface area contributed by atoms with E-state index in [-0.39, 0.29) is 11.8 Å². The molecule has 0 radical (unpaired) electrons. The van der Waals surface area contributed by atoms with Gasteiger partial charge < -0.3 is 26.6 Å². The average Bonchev–Trinajstić information content (AvgIpc) is 2.65. The highest BCUT2D eigenvalue weighted by atomic mass is 16.2. The van der Waals surface area contributed by atoms with Gasteiger partial charge in [0.15, 0.2) is 0 Å². The van der Waals surface area contributed by atoms with Crippen LogP contribution >= 0.6 is 0 Å². The molecule has 5 N–H and O–H groups in total. The van der Waals surface area contributed by atoms with Crippen LogP contribution in [-0.2, 0) is 16.0 Å². The summed E-state index contributed by atoms with van der Waals surface area (Å²) in [6.07, 6.45) is 2.76. The van der Waals surface area contributed by atoms with E-state index in [0.29, 0.717) is 39.0 Å². The number of carbonyl (C=O) groups is 2. The molecule has 26 heavy (non-hydrogen) atoms. The van der Waals surface area contributed by atoms with Gasteiger partial charge in [-0.2, -0.15) is 0 Å². The number of nitrogens with one attached hydrogen (secondary N) is 5. The van der Waals surface area contributed by atoms with E-state index in [1.54, 1.807) is 6.20 Å². The lowest BCUT2D eigenvalue weighted by Crippen LogP contribution is -2.45. The molecule has 0 saturated carbocycles. The molecule has 2 rings (SSSR count). The second-order valence-corrected chi connectivity index (χ2v) is 6.24. The largest absolute Gasteiger partial charge is 0.354 e. The smallest absolute Gasteiger partial charge is 0.232 e. The summed E-state index contributed by atoms with van der Waals surface area (Å²) in [7, 11) is 0. The van der Waals surface area contributed by atoms with E-state index >= 15 is 0 Å². The lowest BCUT2D eigenvalue weighted by Gasteiger charge is -2.17. The van der Waals surface area contributed by atoms with E-state index in [0.717, 1.165) is 31.9 Å². The van der Waals surface area contributed by atoms with Gasteiger partial charge in [-0.3, -0.25) is 14.6 Å². The molecule has 8 heteroatoms. The van der Waals surface area contributed by atoms with Crippen LogP contribution in [-0.4, -0.2) is 69.2 Å². The van der Waals surface area contributed by atoms with Crippen molar-refractivity contribution in [1.82, 2.24) is 31.6 Å². The van der Waals surface area contributed by atoms with Crippen molar-refractivity contribution in [3.8, 4) is 0 Å². The van der Waals surface area contributed by atoms with Crippen molar-refractivity contribution in [1.29, 1.82) is 0 Å². The van der Waals surface area contributed by atoms with Crippen LogP contribution in [0.1, 0.15) is 12.1 Å². The molecule has 1 aromatic rings. The zero-order valence-corrected chi connectivity index (χ0v) is 15.2. The number of hydrogen-bond acceptors (Lipinski definition) is 6. The average molecular weight is 362 g/mol. The molecule has 0 aromatic carbocycles. The monoisotopic (exact) mass is 362 g/mol. The molecule has 2 amide bonds. The summed E-state index contributed by atoms with van der Waals surface area (Å²) >= 11 is 0. The van der Waals surface area contributed by atoms with E-state index in [1.165, 1.54) is 0 Å². The maximum atomic E-state index is 12.5. The summed E-state index contributed by atoms with van der Waals surface area (Å²) in [6, 6.07) is 5.67. The molecule has 0 aliphatic carbocycles. The molecule has 2 heterocycles. The van der Waals surface area contributed by atoms with Gasteiger partial charge >= 0.3 is 0 Å². The molecule has 0 atom stereocenters. The second kappa shape index (κ2) is 12.3. The summed E-state index contributed by atoms with van der Waals surface area (Å²) < 4.78 is 0. The Balaban J connectivity index is 1.90. The van der Waals surface area contributed by atoms with Crippen molar-refractivity contribution in [2.75, 3.05) is 52.4 Å². The topological polar surface area (TPSA) is 107 Å². The molecule has 0 spiro atoms. The first kappa shape index (κ1) is 20.3. The van der Waals surface area contributed by atoms with Crippen LogP contribution in [0.4, 0.5) is 0 Å². The van der Waals surface area contributed by atoms with Crippen LogP contribution < -0.4 is 26.6 Å². The van der Waals surface area contributed by atoms with Gasteiger partial charge in [-0.05, 0) is 25.0 Å². The third-order valence-electron chi connectivity index (χ3n) is 4.21. The first-order valence-electron chi connectivity index (χ1n) is 9.35. The van der Waals surface area contributed by atoms with Crippen LogP contribution in [0, 0.1) is 5.92 Å². The maximum absolute atomic E-state index is 12.5. The second-order valence-electron chi connectivity index (χ2n) is 6.24. The van der Waals surface area contributed by atoms with Crippen molar-refractivity contribution in [3.05, 3.63) is 30.1 Å². The summed E-state index contributed by atoms with van der Waals surface area (Å²) in [5.41, 5.74) is 0.885. The SMILES string of the molecule is O=C1NCCNCCNCCNCCNC(=O)C1CCc1ccccn1. The van der Waals surface area contributed by atoms with Gasteiger partial charge in [0.05, 0.1) is 0 Å². The van der Waals surface area contributed by atoms with Crippen LogP contribution in [0.3, 0.4) is 0 Å². The van der Waals surface area contributed by atoms with E-state index in [4.69, 9.17) is 0 Å². The number of aryl methyl sites for hydroxylation is 1.